The van der Waals surface area contributed by atoms with Crippen molar-refractivity contribution >= 4 is 33.2 Å². The van der Waals surface area contributed by atoms with Gasteiger partial charge < -0.3 is 20.1 Å². The summed E-state index contributed by atoms with van der Waals surface area (Å²) < 4.78 is 38.9. The number of piperidine rings is 1. The Bertz CT molecular complexity index is 664. The van der Waals surface area contributed by atoms with Gasteiger partial charge in [0, 0.05) is 36.9 Å². The van der Waals surface area contributed by atoms with Gasteiger partial charge in [-0.05, 0) is 69.2 Å². The van der Waals surface area contributed by atoms with Crippen molar-refractivity contribution in [3.63, 3.8) is 0 Å². The number of halogens is 2. The standard InChI is InChI=1S/C22H41Cl2N3O4S/c1-27-14-20(19-12-17(23)13-22(24)21(19)15-27)16-2-4-18(5-3-16)32(28,29)26-7-9-31-11-10-30-8-6-25/h16-22,26H,2-15,25H2,1H3. The summed E-state index contributed by atoms with van der Waals surface area (Å²) in [5.74, 6) is 2.18. The summed E-state index contributed by atoms with van der Waals surface area (Å²) in [6.07, 6.45) is 5.31. The van der Waals surface area contributed by atoms with E-state index in [9.17, 15) is 8.42 Å². The molecule has 0 spiro atoms. The van der Waals surface area contributed by atoms with Crippen LogP contribution >= 0.6 is 23.2 Å². The van der Waals surface area contributed by atoms with Gasteiger partial charge in [-0.2, -0.15) is 0 Å². The highest BCUT2D eigenvalue weighted by atomic mass is 35.5. The molecule has 7 nitrogen and oxygen atoms in total. The Labute approximate surface area is 204 Å². The zero-order chi connectivity index (χ0) is 23.1. The van der Waals surface area contributed by atoms with Crippen molar-refractivity contribution < 1.29 is 17.9 Å². The zero-order valence-electron chi connectivity index (χ0n) is 19.3. The number of alkyl halides is 2. The van der Waals surface area contributed by atoms with Crippen LogP contribution in [0, 0.1) is 23.7 Å². The van der Waals surface area contributed by atoms with Crippen molar-refractivity contribution in [2.24, 2.45) is 29.4 Å². The molecule has 5 unspecified atom stereocenters. The predicted molar refractivity (Wildman–Crippen MR) is 130 cm³/mol. The highest BCUT2D eigenvalue weighted by Gasteiger charge is 2.47. The Balaban J connectivity index is 1.43. The SMILES string of the molecule is CN1CC2C(Cl)CC(Cl)CC2C(C2CCC(S(=O)(=O)NCCOCCOCCN)CC2)C1. The molecule has 3 fully saturated rings. The van der Waals surface area contributed by atoms with E-state index in [0.717, 1.165) is 51.6 Å². The second-order valence-corrected chi connectivity index (χ2v) is 13.0. The average Bonchev–Trinajstić information content (AvgIpc) is 2.76. The monoisotopic (exact) mass is 513 g/mol. The van der Waals surface area contributed by atoms with Crippen LogP contribution in [0.3, 0.4) is 0 Å². The molecule has 0 radical (unpaired) electrons. The molecule has 0 aromatic carbocycles. The lowest BCUT2D eigenvalue weighted by Gasteiger charge is -2.51. The number of nitrogens with two attached hydrogens (primary N) is 1. The highest BCUT2D eigenvalue weighted by molar-refractivity contribution is 7.90. The minimum Gasteiger partial charge on any atom is -0.378 e. The molecule has 32 heavy (non-hydrogen) atoms. The molecule has 3 aliphatic rings. The summed E-state index contributed by atoms with van der Waals surface area (Å²) in [6, 6.07) is 0. The van der Waals surface area contributed by atoms with E-state index in [1.165, 1.54) is 0 Å². The molecule has 1 heterocycles. The lowest BCUT2D eigenvalue weighted by atomic mass is 9.63. The van der Waals surface area contributed by atoms with Gasteiger partial charge in [-0.1, -0.05) is 0 Å². The highest BCUT2D eigenvalue weighted by Crippen LogP contribution is 2.48. The van der Waals surface area contributed by atoms with E-state index in [2.05, 4.69) is 16.7 Å². The van der Waals surface area contributed by atoms with Gasteiger partial charge in [-0.3, -0.25) is 0 Å². The van der Waals surface area contributed by atoms with Gasteiger partial charge in [0.1, 0.15) is 0 Å². The Morgan fingerprint density at radius 3 is 2.28 bits per heavy atom. The van der Waals surface area contributed by atoms with Crippen LogP contribution in [0.5, 0.6) is 0 Å². The third-order valence-electron chi connectivity index (χ3n) is 7.57. The lowest BCUT2D eigenvalue weighted by Crippen LogP contribution is -2.53. The van der Waals surface area contributed by atoms with E-state index >= 15 is 0 Å². The summed E-state index contributed by atoms with van der Waals surface area (Å²) in [5.41, 5.74) is 5.35. The number of likely N-dealkylation sites (tertiary alicyclic amines) is 1. The van der Waals surface area contributed by atoms with Crippen LogP contribution in [0.4, 0.5) is 0 Å². The average molecular weight is 515 g/mol. The number of nitrogens with zero attached hydrogens (tertiary/aromatic N) is 1. The van der Waals surface area contributed by atoms with Crippen molar-refractivity contribution in [3.8, 4) is 0 Å². The van der Waals surface area contributed by atoms with Crippen LogP contribution in [0.2, 0.25) is 0 Å². The second kappa shape index (κ2) is 12.9. The van der Waals surface area contributed by atoms with Gasteiger partial charge in [0.15, 0.2) is 0 Å². The largest absolute Gasteiger partial charge is 0.378 e. The van der Waals surface area contributed by atoms with Crippen molar-refractivity contribution in [1.29, 1.82) is 0 Å². The van der Waals surface area contributed by atoms with Crippen molar-refractivity contribution in [1.82, 2.24) is 9.62 Å². The van der Waals surface area contributed by atoms with Crippen LogP contribution in [0.25, 0.3) is 0 Å². The molecule has 2 aliphatic carbocycles. The summed E-state index contributed by atoms with van der Waals surface area (Å²) >= 11 is 13.3. The Morgan fingerprint density at radius 1 is 0.938 bits per heavy atom. The number of fused-ring (bicyclic) bond motifs is 1. The van der Waals surface area contributed by atoms with E-state index in [1.54, 1.807) is 0 Å². The molecule has 3 rings (SSSR count). The minimum absolute atomic E-state index is 0.150. The van der Waals surface area contributed by atoms with Crippen LogP contribution in [-0.4, -0.2) is 89.0 Å². The van der Waals surface area contributed by atoms with E-state index in [4.69, 9.17) is 38.4 Å². The smallest absolute Gasteiger partial charge is 0.214 e. The Kier molecular flexibility index (Phi) is 10.8. The number of ether oxygens (including phenoxy) is 2. The molecule has 0 aromatic heterocycles. The Hall–Kier alpha value is 0.330. The van der Waals surface area contributed by atoms with Gasteiger partial charge >= 0.3 is 0 Å². The fraction of sp³-hybridized carbons (Fsp3) is 1.00. The van der Waals surface area contributed by atoms with Crippen LogP contribution < -0.4 is 10.5 Å². The first-order valence-electron chi connectivity index (χ1n) is 12.1. The molecular weight excluding hydrogens is 473 g/mol. The molecule has 0 aromatic rings. The molecule has 3 N–H and O–H groups in total. The predicted octanol–water partition coefficient (Wildman–Crippen LogP) is 2.26. The normalized spacial score (nSPS) is 36.7. The molecule has 1 aliphatic heterocycles. The van der Waals surface area contributed by atoms with Crippen LogP contribution in [0.15, 0.2) is 0 Å². The van der Waals surface area contributed by atoms with Gasteiger partial charge in [-0.25, -0.2) is 13.1 Å². The molecule has 10 heteroatoms. The van der Waals surface area contributed by atoms with Crippen molar-refractivity contribution in [2.45, 2.75) is 54.5 Å². The maximum atomic E-state index is 12.8. The first-order chi connectivity index (χ1) is 15.3. The number of sulfonamides is 1. The van der Waals surface area contributed by atoms with E-state index < -0.39 is 10.0 Å². The lowest BCUT2D eigenvalue weighted by molar-refractivity contribution is 0.0108. The quantitative estimate of drug-likeness (QED) is 0.325. The number of nitrogens with one attached hydrogen (secondary N) is 1. The van der Waals surface area contributed by atoms with Gasteiger partial charge in [0.25, 0.3) is 0 Å². The summed E-state index contributed by atoms with van der Waals surface area (Å²) in [6.45, 7) is 4.67. The topological polar surface area (TPSA) is 93.9 Å². The number of hydrogen-bond acceptors (Lipinski definition) is 6. The fourth-order valence-electron chi connectivity index (χ4n) is 6.03. The third-order valence-corrected chi connectivity index (χ3v) is 10.4. The first-order valence-corrected chi connectivity index (χ1v) is 14.5. The maximum Gasteiger partial charge on any atom is 0.214 e. The second-order valence-electron chi connectivity index (χ2n) is 9.79. The zero-order valence-corrected chi connectivity index (χ0v) is 21.6. The van der Waals surface area contributed by atoms with Gasteiger partial charge in [0.2, 0.25) is 10.0 Å². The van der Waals surface area contributed by atoms with Gasteiger partial charge in [0.05, 0.1) is 31.7 Å². The van der Waals surface area contributed by atoms with Crippen molar-refractivity contribution in [2.75, 3.05) is 59.7 Å². The molecule has 1 saturated heterocycles. The fourth-order valence-corrected chi connectivity index (χ4v) is 8.50. The summed E-state index contributed by atoms with van der Waals surface area (Å²) in [4.78, 5) is 2.42. The molecule has 0 bridgehead atoms. The Morgan fingerprint density at radius 2 is 1.59 bits per heavy atom. The molecule has 0 amide bonds. The summed E-state index contributed by atoms with van der Waals surface area (Å²) in [7, 11) is -1.13. The molecular formula is C22H41Cl2N3O4S. The van der Waals surface area contributed by atoms with Crippen LogP contribution in [-0.2, 0) is 19.5 Å². The number of rotatable bonds is 11. The molecule has 2 saturated carbocycles. The third kappa shape index (κ3) is 7.41. The maximum absolute atomic E-state index is 12.8. The van der Waals surface area contributed by atoms with E-state index in [0.29, 0.717) is 63.2 Å². The van der Waals surface area contributed by atoms with Crippen LogP contribution in [0.1, 0.15) is 38.5 Å². The first kappa shape index (κ1) is 26.9. The molecule has 188 valence electrons. The van der Waals surface area contributed by atoms with Gasteiger partial charge in [-0.15, -0.1) is 23.2 Å². The number of hydrogen-bond donors (Lipinski definition) is 2. The summed E-state index contributed by atoms with van der Waals surface area (Å²) in [5, 5.41) is 0.00790. The van der Waals surface area contributed by atoms with E-state index in [-0.39, 0.29) is 16.0 Å². The minimum atomic E-state index is -3.32. The molecule has 5 atom stereocenters. The van der Waals surface area contributed by atoms with E-state index in [1.807, 2.05) is 0 Å². The van der Waals surface area contributed by atoms with Crippen molar-refractivity contribution in [3.05, 3.63) is 0 Å².